The fourth-order valence-corrected chi connectivity index (χ4v) is 4.90. The van der Waals surface area contributed by atoms with E-state index in [0.717, 1.165) is 0 Å². The summed E-state index contributed by atoms with van der Waals surface area (Å²) in [5.74, 6) is 0.541. The Morgan fingerprint density at radius 3 is 2.43 bits per heavy atom. The van der Waals surface area contributed by atoms with Crippen LogP contribution in [-0.2, 0) is 0 Å². The molecule has 0 amide bonds. The Bertz CT molecular complexity index is 1390. The van der Waals surface area contributed by atoms with E-state index in [0.29, 0.717) is 5.92 Å². The normalized spacial score (nSPS) is 14.4. The lowest BCUT2D eigenvalue weighted by Crippen LogP contribution is -3.00. The quantitative estimate of drug-likeness (QED) is 0.265. The molecule has 0 N–H and O–H groups in total. The summed E-state index contributed by atoms with van der Waals surface area (Å²) in [7, 11) is 0. The smallest absolute Gasteiger partial charge is 0.292 e. The van der Waals surface area contributed by atoms with E-state index in [9.17, 15) is 0 Å². The number of nitrogens with zero attached hydrogens (tertiary/aromatic N) is 3. The third kappa shape index (κ3) is 2.96. The summed E-state index contributed by atoms with van der Waals surface area (Å²) in [6.45, 7) is 6.87. The highest BCUT2D eigenvalue weighted by atomic mass is 127. The number of hydrogen-bond acceptors (Lipinski definition) is 1. The van der Waals surface area contributed by atoms with Crippen molar-refractivity contribution in [1.29, 1.82) is 0 Å². The maximum absolute atomic E-state index is 2.50. The van der Waals surface area contributed by atoms with Crippen LogP contribution in [0.2, 0.25) is 0 Å². The van der Waals surface area contributed by atoms with E-state index in [-0.39, 0.29) is 24.0 Å². The summed E-state index contributed by atoms with van der Waals surface area (Å²) in [4.78, 5) is 2.50. The zero-order valence-electron chi connectivity index (χ0n) is 17.5. The molecule has 3 nitrogen and oxygen atoms in total. The lowest BCUT2D eigenvalue weighted by molar-refractivity contribution is -0.479. The molecule has 0 unspecified atom stereocenters. The number of aromatic nitrogens is 2. The number of pyridine rings is 2. The van der Waals surface area contributed by atoms with Crippen LogP contribution in [0, 0.1) is 0 Å². The fourth-order valence-electron chi connectivity index (χ4n) is 4.90. The van der Waals surface area contributed by atoms with Gasteiger partial charge in [0, 0.05) is 35.6 Å². The van der Waals surface area contributed by atoms with Gasteiger partial charge in [0.15, 0.2) is 5.52 Å². The SMILES string of the molecule is CC(C)c1ccc2c(ccc3c[n+]4c5ccc(N6CCCC6)cc5ccc4n32)c1.[I-]. The lowest BCUT2D eigenvalue weighted by atomic mass is 10.0. The summed E-state index contributed by atoms with van der Waals surface area (Å²) in [6, 6.07) is 22.8. The van der Waals surface area contributed by atoms with Crippen molar-refractivity contribution >= 4 is 38.7 Å². The van der Waals surface area contributed by atoms with Crippen molar-refractivity contribution in [2.45, 2.75) is 32.6 Å². The van der Waals surface area contributed by atoms with E-state index in [1.165, 1.54) is 70.2 Å². The average Bonchev–Trinajstić information content (AvgIpc) is 3.40. The highest BCUT2D eigenvalue weighted by molar-refractivity contribution is 5.87. The molecule has 30 heavy (non-hydrogen) atoms. The van der Waals surface area contributed by atoms with E-state index < -0.39 is 0 Å². The average molecular weight is 507 g/mol. The Morgan fingerprint density at radius 2 is 1.63 bits per heavy atom. The molecule has 0 aliphatic carbocycles. The Hall–Kier alpha value is -2.34. The Labute approximate surface area is 193 Å². The van der Waals surface area contributed by atoms with Gasteiger partial charge in [-0.25, -0.2) is 0 Å². The predicted molar refractivity (Wildman–Crippen MR) is 121 cm³/mol. The van der Waals surface area contributed by atoms with Crippen LogP contribution < -0.4 is 33.3 Å². The van der Waals surface area contributed by atoms with Crippen molar-refractivity contribution in [2.24, 2.45) is 0 Å². The molecule has 1 aliphatic rings. The zero-order valence-corrected chi connectivity index (χ0v) is 19.6. The minimum Gasteiger partial charge on any atom is -1.00 e. The maximum Gasteiger partial charge on any atom is 0.292 e. The molecule has 6 rings (SSSR count). The van der Waals surface area contributed by atoms with Gasteiger partial charge in [-0.15, -0.1) is 0 Å². The van der Waals surface area contributed by atoms with Gasteiger partial charge >= 0.3 is 0 Å². The largest absolute Gasteiger partial charge is 1.00 e. The molecule has 0 radical (unpaired) electrons. The van der Waals surface area contributed by atoms with Gasteiger partial charge in [0.2, 0.25) is 0 Å². The molecule has 0 bridgehead atoms. The molecule has 4 heteroatoms. The molecule has 0 spiro atoms. The first-order valence-corrected chi connectivity index (χ1v) is 10.8. The summed E-state index contributed by atoms with van der Waals surface area (Å²) in [5, 5.41) is 2.60. The molecule has 0 saturated carbocycles. The molecule has 5 aromatic rings. The van der Waals surface area contributed by atoms with E-state index in [4.69, 9.17) is 0 Å². The highest BCUT2D eigenvalue weighted by Gasteiger charge is 2.18. The first-order valence-electron chi connectivity index (χ1n) is 10.8. The van der Waals surface area contributed by atoms with E-state index in [2.05, 4.69) is 94.4 Å². The summed E-state index contributed by atoms with van der Waals surface area (Å²) < 4.78 is 4.72. The second-order valence-corrected chi connectivity index (χ2v) is 8.69. The van der Waals surface area contributed by atoms with Gasteiger partial charge < -0.3 is 28.9 Å². The molecule has 1 fully saturated rings. The summed E-state index contributed by atoms with van der Waals surface area (Å²) in [6.07, 6.45) is 4.88. The van der Waals surface area contributed by atoms with E-state index in [1.54, 1.807) is 0 Å². The van der Waals surface area contributed by atoms with E-state index in [1.807, 2.05) is 0 Å². The van der Waals surface area contributed by atoms with Gasteiger partial charge in [0.25, 0.3) is 5.65 Å². The Balaban J connectivity index is 0.00000193. The van der Waals surface area contributed by atoms with Gasteiger partial charge in [0.1, 0.15) is 17.2 Å². The van der Waals surface area contributed by atoms with Crippen LogP contribution in [0.1, 0.15) is 38.2 Å². The molecule has 2 aromatic carbocycles. The monoisotopic (exact) mass is 507 g/mol. The predicted octanol–water partition coefficient (Wildman–Crippen LogP) is 2.71. The van der Waals surface area contributed by atoms with Gasteiger partial charge in [0.05, 0.1) is 0 Å². The van der Waals surface area contributed by atoms with Crippen molar-refractivity contribution in [3.8, 4) is 0 Å². The van der Waals surface area contributed by atoms with Crippen molar-refractivity contribution < 1.29 is 28.4 Å². The number of imidazole rings is 1. The number of hydrogen-bond donors (Lipinski definition) is 0. The topological polar surface area (TPSA) is 11.8 Å². The zero-order chi connectivity index (χ0) is 19.5. The van der Waals surface area contributed by atoms with Crippen LogP contribution in [0.3, 0.4) is 0 Å². The fraction of sp³-hybridized carbons (Fsp3) is 0.269. The molecule has 3 aromatic heterocycles. The molecule has 4 heterocycles. The lowest BCUT2D eigenvalue weighted by Gasteiger charge is -2.17. The number of fused-ring (bicyclic) bond motifs is 7. The van der Waals surface area contributed by atoms with Crippen molar-refractivity contribution in [2.75, 3.05) is 18.0 Å². The molecular weight excluding hydrogens is 481 g/mol. The number of rotatable bonds is 2. The second kappa shape index (κ2) is 7.41. The van der Waals surface area contributed by atoms with Gasteiger partial charge in [-0.1, -0.05) is 19.9 Å². The van der Waals surface area contributed by atoms with Crippen molar-refractivity contribution in [3.05, 3.63) is 72.4 Å². The van der Waals surface area contributed by atoms with E-state index >= 15 is 0 Å². The van der Waals surface area contributed by atoms with Crippen molar-refractivity contribution in [1.82, 2.24) is 4.40 Å². The first-order chi connectivity index (χ1) is 14.2. The summed E-state index contributed by atoms with van der Waals surface area (Å²) >= 11 is 0. The second-order valence-electron chi connectivity index (χ2n) is 8.69. The minimum absolute atomic E-state index is 0. The molecule has 1 aliphatic heterocycles. The molecule has 0 atom stereocenters. The van der Waals surface area contributed by atoms with Gasteiger partial charge in [-0.3, -0.25) is 0 Å². The third-order valence-corrected chi connectivity index (χ3v) is 6.54. The minimum atomic E-state index is 0. The van der Waals surface area contributed by atoms with Crippen LogP contribution in [-0.4, -0.2) is 17.5 Å². The number of benzene rings is 2. The standard InChI is InChI=1S/C26H26N3.HI/c1-18(2)19-6-10-25-20(15-19)5-8-23-17-28-24-11-9-22(27-13-3-4-14-27)16-21(24)7-12-26(28)29(23)25;/h5-12,15-18H,3-4,13-14H2,1-2H3;1H/q+1;/p-1. The maximum atomic E-state index is 2.50. The molecule has 1 saturated heterocycles. The van der Waals surface area contributed by atoms with Crippen LogP contribution in [0.5, 0.6) is 0 Å². The molecule has 152 valence electrons. The van der Waals surface area contributed by atoms with Crippen LogP contribution >= 0.6 is 0 Å². The van der Waals surface area contributed by atoms with Crippen LogP contribution in [0.25, 0.3) is 33.0 Å². The Kier molecular flexibility index (Phi) is 4.85. The molecular formula is C26H26IN3. The summed E-state index contributed by atoms with van der Waals surface area (Å²) in [5.41, 5.74) is 7.71. The highest BCUT2D eigenvalue weighted by Crippen LogP contribution is 2.27. The number of anilines is 1. The first kappa shape index (κ1) is 19.6. The van der Waals surface area contributed by atoms with Crippen LogP contribution in [0.15, 0.2) is 66.9 Å². The number of halogens is 1. The van der Waals surface area contributed by atoms with Gasteiger partial charge in [-0.2, -0.15) is 8.80 Å². The van der Waals surface area contributed by atoms with Gasteiger partial charge in [-0.05, 0) is 72.9 Å². The third-order valence-electron chi connectivity index (χ3n) is 6.54. The van der Waals surface area contributed by atoms with Crippen LogP contribution in [0.4, 0.5) is 5.69 Å². The van der Waals surface area contributed by atoms with Crippen molar-refractivity contribution in [3.63, 3.8) is 0 Å². The Morgan fingerprint density at radius 1 is 0.833 bits per heavy atom.